The molecule has 2 rings (SSSR count). The number of hydrogen-bond acceptors (Lipinski definition) is 4. The van der Waals surface area contributed by atoms with Gasteiger partial charge in [-0.1, -0.05) is 23.5 Å². The van der Waals surface area contributed by atoms with Crippen molar-refractivity contribution < 1.29 is 4.74 Å². The van der Waals surface area contributed by atoms with Gasteiger partial charge < -0.3 is 4.74 Å². The van der Waals surface area contributed by atoms with E-state index in [9.17, 15) is 0 Å². The predicted octanol–water partition coefficient (Wildman–Crippen LogP) is 2.63. The largest absolute Gasteiger partial charge is 0.427 e. The molecule has 0 spiro atoms. The van der Waals surface area contributed by atoms with Gasteiger partial charge in [0.15, 0.2) is 5.55 Å². The van der Waals surface area contributed by atoms with Crippen molar-refractivity contribution in [2.45, 2.75) is 0 Å². The van der Waals surface area contributed by atoms with Gasteiger partial charge in [0.25, 0.3) is 5.19 Å². The number of benzene rings is 1. The summed E-state index contributed by atoms with van der Waals surface area (Å²) in [5.41, 5.74) is 2.17. The molecule has 60 valence electrons. The molecule has 0 amide bonds. The van der Waals surface area contributed by atoms with Crippen molar-refractivity contribution in [2.24, 2.45) is 0 Å². The number of thiocarbonyl (C=S) groups is 1. The van der Waals surface area contributed by atoms with Crippen LogP contribution in [-0.2, 0) is 0 Å². The van der Waals surface area contributed by atoms with Crippen LogP contribution in [0.25, 0.3) is 10.2 Å². The van der Waals surface area contributed by atoms with E-state index >= 15 is 0 Å². The zero-order valence-electron chi connectivity index (χ0n) is 6.06. The van der Waals surface area contributed by atoms with E-state index in [-0.39, 0.29) is 0 Å². The average molecular weight is 195 g/mol. The van der Waals surface area contributed by atoms with Crippen LogP contribution in [-0.4, -0.2) is 10.5 Å². The quantitative estimate of drug-likeness (QED) is 0.688. The Balaban J connectivity index is 2.54. The molecular weight excluding hydrogens is 190 g/mol. The third kappa shape index (κ3) is 1.31. The smallest absolute Gasteiger partial charge is 0.280 e. The molecule has 0 saturated carbocycles. The maximum atomic E-state index is 4.99. The SMILES string of the molecule is S=COc1nc2ccccc2s1. The van der Waals surface area contributed by atoms with Gasteiger partial charge in [0.1, 0.15) is 0 Å². The molecule has 1 aromatic heterocycles. The molecule has 12 heavy (non-hydrogen) atoms. The molecule has 0 saturated heterocycles. The first-order valence-corrected chi connectivity index (χ1v) is 4.65. The zero-order chi connectivity index (χ0) is 8.39. The van der Waals surface area contributed by atoms with Crippen LogP contribution >= 0.6 is 23.6 Å². The molecule has 1 aromatic carbocycles. The number of rotatable bonds is 2. The molecular formula is C8H5NOS2. The van der Waals surface area contributed by atoms with E-state index in [1.165, 1.54) is 16.9 Å². The van der Waals surface area contributed by atoms with Gasteiger partial charge >= 0.3 is 0 Å². The molecule has 4 heteroatoms. The van der Waals surface area contributed by atoms with E-state index in [2.05, 4.69) is 17.2 Å². The van der Waals surface area contributed by atoms with Crippen LogP contribution in [0.3, 0.4) is 0 Å². The second-order valence-corrected chi connectivity index (χ2v) is 3.35. The van der Waals surface area contributed by atoms with Crippen molar-refractivity contribution in [1.82, 2.24) is 4.98 Å². The van der Waals surface area contributed by atoms with Gasteiger partial charge in [-0.05, 0) is 24.4 Å². The Bertz CT molecular complexity index is 377. The molecule has 0 aliphatic heterocycles. The van der Waals surface area contributed by atoms with Gasteiger partial charge in [0.05, 0.1) is 10.2 Å². The molecule has 0 unspecified atom stereocenters. The van der Waals surface area contributed by atoms with Gasteiger partial charge in [0.2, 0.25) is 0 Å². The summed E-state index contributed by atoms with van der Waals surface area (Å²) in [5.74, 6) is 0. The highest BCUT2D eigenvalue weighted by atomic mass is 32.1. The number of nitrogens with zero attached hydrogens (tertiary/aromatic N) is 1. The summed E-state index contributed by atoms with van der Waals surface area (Å²) in [5, 5.41) is 0.603. The topological polar surface area (TPSA) is 22.1 Å². The number of fused-ring (bicyclic) bond motifs is 1. The lowest BCUT2D eigenvalue weighted by atomic mass is 10.3. The van der Waals surface area contributed by atoms with Gasteiger partial charge in [-0.2, -0.15) is 0 Å². The maximum absolute atomic E-state index is 4.99. The highest BCUT2D eigenvalue weighted by Crippen LogP contribution is 2.26. The third-order valence-corrected chi connectivity index (χ3v) is 2.45. The molecule has 0 aliphatic rings. The summed E-state index contributed by atoms with van der Waals surface area (Å²) in [6.07, 6.45) is 0. The minimum absolute atomic E-state index is 0.603. The van der Waals surface area contributed by atoms with Crippen molar-refractivity contribution >= 4 is 39.3 Å². The number of para-hydroxylation sites is 1. The van der Waals surface area contributed by atoms with Crippen LogP contribution in [0.2, 0.25) is 0 Å². The first-order chi connectivity index (χ1) is 5.90. The van der Waals surface area contributed by atoms with Gasteiger partial charge in [0, 0.05) is 0 Å². The lowest BCUT2D eigenvalue weighted by molar-refractivity contribution is 0.582. The summed E-state index contributed by atoms with van der Waals surface area (Å²) in [6.45, 7) is 0. The molecule has 2 nitrogen and oxygen atoms in total. The van der Waals surface area contributed by atoms with Crippen molar-refractivity contribution in [1.29, 1.82) is 0 Å². The van der Waals surface area contributed by atoms with Crippen molar-refractivity contribution in [2.75, 3.05) is 0 Å². The van der Waals surface area contributed by atoms with Crippen LogP contribution in [0.1, 0.15) is 0 Å². The van der Waals surface area contributed by atoms with E-state index < -0.39 is 0 Å². The van der Waals surface area contributed by atoms with Crippen LogP contribution < -0.4 is 4.74 Å². The zero-order valence-corrected chi connectivity index (χ0v) is 7.69. The summed E-state index contributed by atoms with van der Waals surface area (Å²) >= 11 is 6.05. The molecule has 0 fully saturated rings. The predicted molar refractivity (Wildman–Crippen MR) is 53.9 cm³/mol. The Kier molecular flexibility index (Phi) is 2.01. The average Bonchev–Trinajstić information content (AvgIpc) is 2.47. The number of aromatic nitrogens is 1. The highest BCUT2D eigenvalue weighted by molar-refractivity contribution is 7.78. The lowest BCUT2D eigenvalue weighted by Crippen LogP contribution is -1.83. The van der Waals surface area contributed by atoms with Gasteiger partial charge in [-0.3, -0.25) is 0 Å². The number of ether oxygens (including phenoxy) is 1. The summed E-state index contributed by atoms with van der Waals surface area (Å²) in [7, 11) is 0. The first-order valence-electron chi connectivity index (χ1n) is 3.36. The fourth-order valence-corrected chi connectivity index (χ4v) is 1.89. The minimum atomic E-state index is 0.603. The molecule has 0 radical (unpaired) electrons. The summed E-state index contributed by atoms with van der Waals surface area (Å²) in [4.78, 5) is 4.20. The standard InChI is InChI=1S/C8H5NOS2/c11-5-10-8-9-6-3-1-2-4-7(6)12-8/h1-5H. The molecule has 0 bridgehead atoms. The van der Waals surface area contributed by atoms with Crippen LogP contribution in [0.15, 0.2) is 24.3 Å². The first kappa shape index (κ1) is 7.64. The van der Waals surface area contributed by atoms with E-state index in [0.29, 0.717) is 5.19 Å². The Hall–Kier alpha value is -1.00. The van der Waals surface area contributed by atoms with E-state index in [1.54, 1.807) is 0 Å². The molecule has 0 aliphatic carbocycles. The Morgan fingerprint density at radius 1 is 1.42 bits per heavy atom. The Labute approximate surface area is 78.8 Å². The second kappa shape index (κ2) is 3.16. The van der Waals surface area contributed by atoms with Crippen LogP contribution in [0.5, 0.6) is 5.19 Å². The van der Waals surface area contributed by atoms with E-state index in [0.717, 1.165) is 10.2 Å². The van der Waals surface area contributed by atoms with E-state index in [1.807, 2.05) is 24.3 Å². The van der Waals surface area contributed by atoms with Crippen molar-refractivity contribution in [3.8, 4) is 5.19 Å². The van der Waals surface area contributed by atoms with Gasteiger partial charge in [-0.15, -0.1) is 0 Å². The molecule has 1 heterocycles. The second-order valence-electron chi connectivity index (χ2n) is 2.16. The third-order valence-electron chi connectivity index (χ3n) is 1.42. The van der Waals surface area contributed by atoms with Crippen LogP contribution in [0.4, 0.5) is 0 Å². The van der Waals surface area contributed by atoms with Crippen molar-refractivity contribution in [3.05, 3.63) is 24.3 Å². The number of thiazole rings is 1. The molecule has 2 aromatic rings. The number of hydrogen-bond donors (Lipinski definition) is 0. The summed E-state index contributed by atoms with van der Waals surface area (Å²) in [6, 6.07) is 7.87. The highest BCUT2D eigenvalue weighted by Gasteiger charge is 2.01. The Morgan fingerprint density at radius 2 is 2.25 bits per heavy atom. The lowest BCUT2D eigenvalue weighted by Gasteiger charge is -1.85. The summed E-state index contributed by atoms with van der Waals surface area (Å²) < 4.78 is 6.10. The fourth-order valence-electron chi connectivity index (χ4n) is 0.943. The minimum Gasteiger partial charge on any atom is -0.427 e. The fraction of sp³-hybridized carbons (Fsp3) is 0. The normalized spacial score (nSPS) is 10.0. The molecule has 0 atom stereocenters. The van der Waals surface area contributed by atoms with E-state index in [4.69, 9.17) is 4.74 Å². The Morgan fingerprint density at radius 3 is 3.00 bits per heavy atom. The maximum Gasteiger partial charge on any atom is 0.280 e. The monoisotopic (exact) mass is 195 g/mol. The van der Waals surface area contributed by atoms with Crippen LogP contribution in [0, 0.1) is 0 Å². The van der Waals surface area contributed by atoms with Crippen molar-refractivity contribution in [3.63, 3.8) is 0 Å². The molecule has 0 N–H and O–H groups in total. The van der Waals surface area contributed by atoms with Gasteiger partial charge in [-0.25, -0.2) is 4.98 Å².